The van der Waals surface area contributed by atoms with Gasteiger partial charge in [0, 0.05) is 6.20 Å². The van der Waals surface area contributed by atoms with Crippen molar-refractivity contribution in [1.29, 1.82) is 0 Å². The number of nitrogens with one attached hydrogen (secondary N) is 1. The number of aromatic nitrogens is 1. The molecule has 0 unspecified atom stereocenters. The van der Waals surface area contributed by atoms with Gasteiger partial charge in [-0.25, -0.2) is 9.78 Å². The van der Waals surface area contributed by atoms with E-state index in [0.717, 1.165) is 0 Å². The largest absolute Gasteiger partial charge is 0.491 e. The monoisotopic (exact) mass is 258 g/mol. The Morgan fingerprint density at radius 3 is 2.65 bits per heavy atom. The molecule has 1 heterocycles. The van der Waals surface area contributed by atoms with Crippen molar-refractivity contribution < 1.29 is 14.3 Å². The minimum Gasteiger partial charge on any atom is -0.491 e. The summed E-state index contributed by atoms with van der Waals surface area (Å²) in [6.07, 6.45) is 0.864. The third kappa shape index (κ3) is 4.11. The second-order valence-electron chi connectivity index (χ2n) is 4.30. The van der Waals surface area contributed by atoms with Crippen LogP contribution in [0.25, 0.3) is 0 Å². The van der Waals surface area contributed by atoms with Crippen LogP contribution < -0.4 is 10.1 Å². The number of hydrogen-bond donors (Lipinski definition) is 1. The van der Waals surface area contributed by atoms with Gasteiger partial charge in [0.1, 0.15) is 5.60 Å². The Morgan fingerprint density at radius 1 is 1.47 bits per heavy atom. The summed E-state index contributed by atoms with van der Waals surface area (Å²) in [6, 6.07) is 1.57. The molecular formula is C11H15ClN2O3. The van der Waals surface area contributed by atoms with E-state index in [1.807, 2.05) is 0 Å². The van der Waals surface area contributed by atoms with Crippen LogP contribution in [-0.4, -0.2) is 23.8 Å². The van der Waals surface area contributed by atoms with Gasteiger partial charge >= 0.3 is 6.09 Å². The van der Waals surface area contributed by atoms with Gasteiger partial charge in [0.2, 0.25) is 0 Å². The van der Waals surface area contributed by atoms with Gasteiger partial charge in [-0.15, -0.1) is 0 Å². The average Bonchev–Trinajstić information content (AvgIpc) is 2.14. The molecule has 1 amide bonds. The summed E-state index contributed by atoms with van der Waals surface area (Å²) in [6.45, 7) is 5.32. The number of hydrogen-bond acceptors (Lipinski definition) is 4. The van der Waals surface area contributed by atoms with Crippen molar-refractivity contribution in [3.8, 4) is 5.75 Å². The molecule has 0 aliphatic carbocycles. The van der Waals surface area contributed by atoms with Crippen molar-refractivity contribution in [1.82, 2.24) is 4.98 Å². The van der Waals surface area contributed by atoms with Crippen LogP contribution >= 0.6 is 11.6 Å². The van der Waals surface area contributed by atoms with Crippen LogP contribution in [0.5, 0.6) is 5.75 Å². The zero-order valence-corrected chi connectivity index (χ0v) is 11.0. The van der Waals surface area contributed by atoms with Gasteiger partial charge in [0.25, 0.3) is 0 Å². The summed E-state index contributed by atoms with van der Waals surface area (Å²) >= 11 is 5.89. The van der Waals surface area contributed by atoms with E-state index in [2.05, 4.69) is 10.3 Å². The van der Waals surface area contributed by atoms with Crippen molar-refractivity contribution in [2.24, 2.45) is 0 Å². The summed E-state index contributed by atoms with van der Waals surface area (Å²) in [5.74, 6) is 0.536. The molecular weight excluding hydrogens is 244 g/mol. The summed E-state index contributed by atoms with van der Waals surface area (Å²) in [4.78, 5) is 15.5. The minimum absolute atomic E-state index is 0.231. The Labute approximate surface area is 105 Å². The van der Waals surface area contributed by atoms with Gasteiger partial charge in [0.05, 0.1) is 12.1 Å². The number of carbonyl (C=O) groups excluding carboxylic acids is 1. The number of halogens is 1. The number of anilines is 1. The van der Waals surface area contributed by atoms with Gasteiger partial charge in [-0.1, -0.05) is 11.6 Å². The summed E-state index contributed by atoms with van der Waals surface area (Å²) in [5.41, 5.74) is -0.574. The molecule has 0 fully saturated rings. The highest BCUT2D eigenvalue weighted by Gasteiger charge is 2.18. The number of pyridine rings is 1. The van der Waals surface area contributed by atoms with Crippen LogP contribution in [-0.2, 0) is 4.74 Å². The summed E-state index contributed by atoms with van der Waals surface area (Å²) in [7, 11) is 1.45. The smallest absolute Gasteiger partial charge is 0.413 e. The second kappa shape index (κ2) is 5.23. The maximum atomic E-state index is 11.5. The van der Waals surface area contributed by atoms with E-state index < -0.39 is 11.7 Å². The van der Waals surface area contributed by atoms with Crippen LogP contribution in [0.1, 0.15) is 20.8 Å². The fraction of sp³-hybridized carbons (Fsp3) is 0.455. The predicted octanol–water partition coefficient (Wildman–Crippen LogP) is 3.09. The number of nitrogens with zero attached hydrogens (tertiary/aromatic N) is 1. The molecule has 0 aromatic carbocycles. The molecule has 0 radical (unpaired) electrons. The number of amides is 1. The molecule has 1 N–H and O–H groups in total. The van der Waals surface area contributed by atoms with Gasteiger partial charge in [-0.05, 0) is 26.8 Å². The standard InChI is InChI=1S/C11H15ClN2O3/c1-11(2,3)17-10(15)14-9-8(16-4)7(12)5-6-13-9/h5-6H,1-4H3,(H,13,14,15). The van der Waals surface area contributed by atoms with E-state index in [1.165, 1.54) is 13.3 Å². The maximum Gasteiger partial charge on any atom is 0.413 e. The lowest BCUT2D eigenvalue weighted by Crippen LogP contribution is -2.27. The maximum absolute atomic E-state index is 11.5. The molecule has 1 aromatic rings. The fourth-order valence-corrected chi connectivity index (χ4v) is 1.33. The molecule has 6 heteroatoms. The molecule has 5 nitrogen and oxygen atoms in total. The van der Waals surface area contributed by atoms with Crippen molar-refractivity contribution in [3.05, 3.63) is 17.3 Å². The highest BCUT2D eigenvalue weighted by Crippen LogP contribution is 2.30. The van der Waals surface area contributed by atoms with Crippen LogP contribution in [0.2, 0.25) is 5.02 Å². The van der Waals surface area contributed by atoms with Crippen LogP contribution in [0.3, 0.4) is 0 Å². The molecule has 0 aliphatic heterocycles. The first kappa shape index (κ1) is 13.6. The second-order valence-corrected chi connectivity index (χ2v) is 4.71. The molecule has 17 heavy (non-hydrogen) atoms. The van der Waals surface area contributed by atoms with Crippen LogP contribution in [0, 0.1) is 0 Å². The lowest BCUT2D eigenvalue weighted by atomic mass is 10.2. The topological polar surface area (TPSA) is 60.5 Å². The SMILES string of the molecule is COc1c(Cl)ccnc1NC(=O)OC(C)(C)C. The van der Waals surface area contributed by atoms with Crippen molar-refractivity contribution in [3.63, 3.8) is 0 Å². The van der Waals surface area contributed by atoms with Crippen molar-refractivity contribution >= 4 is 23.5 Å². The molecule has 1 aromatic heterocycles. The zero-order chi connectivity index (χ0) is 13.1. The lowest BCUT2D eigenvalue weighted by Gasteiger charge is -2.20. The van der Waals surface area contributed by atoms with Crippen LogP contribution in [0.15, 0.2) is 12.3 Å². The predicted molar refractivity (Wildman–Crippen MR) is 65.7 cm³/mol. The Balaban J connectivity index is 2.82. The normalized spacial score (nSPS) is 10.9. The van der Waals surface area contributed by atoms with E-state index in [4.69, 9.17) is 21.1 Å². The lowest BCUT2D eigenvalue weighted by molar-refractivity contribution is 0.0635. The van der Waals surface area contributed by atoms with Crippen molar-refractivity contribution in [2.45, 2.75) is 26.4 Å². The Kier molecular flexibility index (Phi) is 4.17. The molecule has 0 atom stereocenters. The molecule has 0 saturated carbocycles. The third-order valence-corrected chi connectivity index (χ3v) is 1.98. The molecule has 1 rings (SSSR count). The van der Waals surface area contributed by atoms with E-state index in [0.29, 0.717) is 10.8 Å². The number of carbonyl (C=O) groups is 1. The summed E-state index contributed by atoms with van der Waals surface area (Å²) < 4.78 is 10.1. The first-order valence-corrected chi connectivity index (χ1v) is 5.40. The average molecular weight is 259 g/mol. The molecule has 0 bridgehead atoms. The number of methoxy groups -OCH3 is 1. The minimum atomic E-state index is -0.606. The Hall–Kier alpha value is -1.49. The van der Waals surface area contributed by atoms with Gasteiger partial charge in [0.15, 0.2) is 11.6 Å². The molecule has 0 aliphatic rings. The number of rotatable bonds is 2. The highest BCUT2D eigenvalue weighted by atomic mass is 35.5. The van der Waals surface area contributed by atoms with E-state index in [1.54, 1.807) is 26.8 Å². The molecule has 0 spiro atoms. The van der Waals surface area contributed by atoms with Crippen molar-refractivity contribution in [2.75, 3.05) is 12.4 Å². The third-order valence-electron chi connectivity index (χ3n) is 1.68. The van der Waals surface area contributed by atoms with E-state index in [9.17, 15) is 4.79 Å². The van der Waals surface area contributed by atoms with E-state index >= 15 is 0 Å². The Bertz CT molecular complexity index is 416. The van der Waals surface area contributed by atoms with Crippen LogP contribution in [0.4, 0.5) is 10.6 Å². The summed E-state index contributed by atoms with van der Waals surface area (Å²) in [5, 5.41) is 2.85. The number of ether oxygens (including phenoxy) is 2. The Morgan fingerprint density at radius 2 is 2.12 bits per heavy atom. The first-order valence-electron chi connectivity index (χ1n) is 5.02. The molecule has 0 saturated heterocycles. The molecule has 94 valence electrons. The van der Waals surface area contributed by atoms with Gasteiger partial charge in [-0.3, -0.25) is 5.32 Å². The highest BCUT2D eigenvalue weighted by molar-refractivity contribution is 6.32. The zero-order valence-electron chi connectivity index (χ0n) is 10.2. The fourth-order valence-electron chi connectivity index (χ4n) is 1.11. The van der Waals surface area contributed by atoms with Gasteiger partial charge < -0.3 is 9.47 Å². The van der Waals surface area contributed by atoms with Gasteiger partial charge in [-0.2, -0.15) is 0 Å². The first-order chi connectivity index (χ1) is 7.83. The quantitative estimate of drug-likeness (QED) is 0.886. The van der Waals surface area contributed by atoms with E-state index in [-0.39, 0.29) is 5.82 Å².